The molecule has 0 spiro atoms. The summed E-state index contributed by atoms with van der Waals surface area (Å²) in [6.45, 7) is 12.7. The van der Waals surface area contributed by atoms with E-state index in [4.69, 9.17) is 13.9 Å². The second-order valence-corrected chi connectivity index (χ2v) is 25.2. The van der Waals surface area contributed by atoms with Gasteiger partial charge < -0.3 is 54.2 Å². The standard InChI is InChI=1S/C63H98N4O14S2/c1-6-11-12-13-14-15-16-17-18-20-23-26-29-32-53(69)52(45-79-63-62(73)61(72)60(71)56(44-68)81-63)65-58(70)33-30-27-24-21-19-22-25-28-31-40-64-82(74,75)48-36-39-51(57(43-48)83(76,77)78)59-49-37-34-46(66(7-2)8-3)41-54(49)80-55-42-47(35-38-50(55)59)67(9-4)10-5/h29,32,34-39,41-43,52-53,56,60-64,68-69,71-73H,6-28,30-31,33,40,44-45H2,1-5H3,(H-,65,70,76,77,78). The van der Waals surface area contributed by atoms with Crippen molar-refractivity contribution < 1.29 is 65.6 Å². The SMILES string of the molecule is CCCCCCCCCCCCCC=CC(O)C(COC1OC(CO)C(O)C(O)C1O)NC(=O)CCCCCCCCCCCNS(=O)(=O)c1ccc(-c2c3ccc(=[N+](CC)CC)cc-3oc3cc(N(CC)CC)ccc23)c(S(=O)(=O)[O-])c1. The molecule has 7 atom stereocenters. The molecule has 1 saturated heterocycles. The van der Waals surface area contributed by atoms with Crippen molar-refractivity contribution in [3.8, 4) is 22.5 Å². The lowest BCUT2D eigenvalue weighted by atomic mass is 9.93. The molecule has 0 saturated carbocycles. The Morgan fingerprint density at radius 3 is 1.94 bits per heavy atom. The Morgan fingerprint density at radius 1 is 0.735 bits per heavy atom. The van der Waals surface area contributed by atoms with E-state index in [0.717, 1.165) is 107 Å². The summed E-state index contributed by atoms with van der Waals surface area (Å²) >= 11 is 0. The summed E-state index contributed by atoms with van der Waals surface area (Å²) < 4.78 is 89.0. The average molecular weight is 1200 g/mol. The molecule has 0 aromatic heterocycles. The number of hydrogen-bond acceptors (Lipinski definition) is 15. The summed E-state index contributed by atoms with van der Waals surface area (Å²) in [6.07, 6.45) is 16.9. The van der Waals surface area contributed by atoms with E-state index < -0.39 is 74.5 Å². The quantitative estimate of drug-likeness (QED) is 0.00720. The van der Waals surface area contributed by atoms with Gasteiger partial charge in [0, 0.05) is 66.0 Å². The van der Waals surface area contributed by atoms with E-state index in [1.54, 1.807) is 6.08 Å². The van der Waals surface area contributed by atoms with E-state index in [1.165, 1.54) is 69.9 Å². The van der Waals surface area contributed by atoms with Crippen molar-refractivity contribution in [3.05, 3.63) is 72.1 Å². The summed E-state index contributed by atoms with van der Waals surface area (Å²) in [5.74, 6) is 0.202. The first-order chi connectivity index (χ1) is 39.9. The van der Waals surface area contributed by atoms with Crippen LogP contribution >= 0.6 is 0 Å². The van der Waals surface area contributed by atoms with Crippen LogP contribution in [0, 0.1) is 0 Å². The van der Waals surface area contributed by atoms with E-state index in [0.29, 0.717) is 40.7 Å². The highest BCUT2D eigenvalue weighted by Gasteiger charge is 2.44. The maximum atomic E-state index is 13.6. The first-order valence-corrected chi connectivity index (χ1v) is 33.8. The zero-order chi connectivity index (χ0) is 60.4. The molecule has 7 unspecified atom stereocenters. The minimum absolute atomic E-state index is 0.0788. The van der Waals surface area contributed by atoms with Crippen LogP contribution in [0.5, 0.6) is 0 Å². The number of allylic oxidation sites excluding steroid dienone is 1. The molecular weight excluding hydrogens is 1100 g/mol. The van der Waals surface area contributed by atoms with E-state index >= 15 is 0 Å². The van der Waals surface area contributed by atoms with Gasteiger partial charge in [0.1, 0.15) is 59.0 Å². The minimum atomic E-state index is -5.19. The molecule has 2 aromatic rings. The first kappa shape index (κ1) is 69.5. The van der Waals surface area contributed by atoms with Crippen LogP contribution in [0.1, 0.15) is 176 Å². The molecule has 0 bridgehead atoms. The molecule has 2 aliphatic heterocycles. The Morgan fingerprint density at radius 2 is 1.34 bits per heavy atom. The molecule has 1 amide bonds. The highest BCUT2D eigenvalue weighted by Crippen LogP contribution is 2.43. The van der Waals surface area contributed by atoms with Crippen molar-refractivity contribution in [3.63, 3.8) is 0 Å². The van der Waals surface area contributed by atoms with Gasteiger partial charge in [0.25, 0.3) is 0 Å². The summed E-state index contributed by atoms with van der Waals surface area (Å²) in [7, 11) is -9.38. The van der Waals surface area contributed by atoms with Crippen LogP contribution in [0.15, 0.2) is 81.0 Å². The molecule has 0 radical (unpaired) electrons. The van der Waals surface area contributed by atoms with Gasteiger partial charge in [-0.2, -0.15) is 0 Å². The summed E-state index contributed by atoms with van der Waals surface area (Å²) in [5.41, 5.74) is 2.50. The second kappa shape index (κ2) is 36.0. The molecule has 2 heterocycles. The van der Waals surface area contributed by atoms with Crippen molar-refractivity contribution in [1.29, 1.82) is 0 Å². The molecule has 1 fully saturated rings. The number of anilines is 1. The molecule has 83 heavy (non-hydrogen) atoms. The number of hydrogen-bond donors (Lipinski definition) is 7. The van der Waals surface area contributed by atoms with Gasteiger partial charge >= 0.3 is 0 Å². The number of carbonyl (C=O) groups is 1. The maximum absolute atomic E-state index is 13.6. The summed E-state index contributed by atoms with van der Waals surface area (Å²) in [5, 5.41) is 56.1. The number of aliphatic hydroxyl groups is 5. The number of amides is 1. The molecule has 20 heteroatoms. The van der Waals surface area contributed by atoms with Gasteiger partial charge in [0.05, 0.1) is 41.2 Å². The number of benzene rings is 3. The fourth-order valence-electron chi connectivity index (χ4n) is 11.0. The van der Waals surface area contributed by atoms with E-state index in [2.05, 4.69) is 54.1 Å². The monoisotopic (exact) mass is 1200 g/mol. The molecule has 7 N–H and O–H groups in total. The van der Waals surface area contributed by atoms with Gasteiger partial charge in [-0.1, -0.05) is 134 Å². The Labute approximate surface area is 494 Å². The number of aliphatic hydroxyl groups excluding tert-OH is 5. The molecule has 3 aliphatic rings. The van der Waals surface area contributed by atoms with Gasteiger partial charge in [-0.05, 0) is 83.7 Å². The van der Waals surface area contributed by atoms with Crippen molar-refractivity contribution in [2.75, 3.05) is 50.8 Å². The summed E-state index contributed by atoms with van der Waals surface area (Å²) in [4.78, 5) is 14.4. The maximum Gasteiger partial charge on any atom is 0.240 e. The zero-order valence-corrected chi connectivity index (χ0v) is 51.7. The van der Waals surface area contributed by atoms with Gasteiger partial charge in [-0.25, -0.2) is 26.1 Å². The smallest absolute Gasteiger partial charge is 0.240 e. The van der Waals surface area contributed by atoms with E-state index in [-0.39, 0.29) is 35.9 Å². The van der Waals surface area contributed by atoms with E-state index in [9.17, 15) is 51.7 Å². The topological polar surface area (TPSA) is 271 Å². The molecule has 5 rings (SSSR count). The lowest BCUT2D eigenvalue weighted by molar-refractivity contribution is -0.302. The predicted octanol–water partition coefficient (Wildman–Crippen LogP) is 8.87. The highest BCUT2D eigenvalue weighted by molar-refractivity contribution is 7.89. The number of nitrogens with zero attached hydrogens (tertiary/aromatic N) is 2. The minimum Gasteiger partial charge on any atom is -0.744 e. The normalized spacial score (nSPS) is 18.5. The van der Waals surface area contributed by atoms with Gasteiger partial charge in [0.15, 0.2) is 6.29 Å². The third kappa shape index (κ3) is 21.3. The van der Waals surface area contributed by atoms with Crippen LogP contribution in [-0.2, 0) is 34.4 Å². The van der Waals surface area contributed by atoms with Crippen LogP contribution in [0.3, 0.4) is 0 Å². The predicted molar refractivity (Wildman–Crippen MR) is 325 cm³/mol. The van der Waals surface area contributed by atoms with Crippen molar-refractivity contribution in [2.45, 2.75) is 229 Å². The first-order valence-electron chi connectivity index (χ1n) is 30.9. The molecule has 1 aliphatic carbocycles. The number of ether oxygens (including phenoxy) is 2. The molecule has 466 valence electrons. The highest BCUT2D eigenvalue weighted by atomic mass is 32.2. The van der Waals surface area contributed by atoms with Crippen LogP contribution in [-0.4, -0.2) is 142 Å². The Kier molecular flexibility index (Phi) is 30.1. The fraction of sp³-hybridized carbons (Fsp3) is 0.651. The lowest BCUT2D eigenvalue weighted by Crippen LogP contribution is -2.60. The number of rotatable bonds is 40. The number of nitrogens with one attached hydrogen (secondary N) is 2. The third-order valence-electron chi connectivity index (χ3n) is 16.0. The van der Waals surface area contributed by atoms with Crippen LogP contribution in [0.2, 0.25) is 0 Å². The zero-order valence-electron chi connectivity index (χ0n) is 50.0. The fourth-order valence-corrected chi connectivity index (χ4v) is 12.8. The Balaban J connectivity index is 1.07. The molecule has 18 nitrogen and oxygen atoms in total. The lowest BCUT2D eigenvalue weighted by Gasteiger charge is -2.40. The van der Waals surface area contributed by atoms with Crippen LogP contribution in [0.25, 0.3) is 33.4 Å². The van der Waals surface area contributed by atoms with Gasteiger partial charge in [-0.3, -0.25) is 4.79 Å². The number of sulfonamides is 1. The van der Waals surface area contributed by atoms with Gasteiger partial charge in [0.2, 0.25) is 21.3 Å². The van der Waals surface area contributed by atoms with Crippen LogP contribution < -0.4 is 24.9 Å². The van der Waals surface area contributed by atoms with E-state index in [1.807, 2.05) is 42.5 Å². The van der Waals surface area contributed by atoms with Crippen molar-refractivity contribution in [1.82, 2.24) is 14.6 Å². The Hall–Kier alpha value is -4.32. The van der Waals surface area contributed by atoms with Gasteiger partial charge in [-0.15, -0.1) is 0 Å². The number of unbranched alkanes of at least 4 members (excludes halogenated alkanes) is 19. The molecular formula is C63H98N4O14S2. The third-order valence-corrected chi connectivity index (χ3v) is 18.3. The Bertz CT molecular complexity index is 2870. The van der Waals surface area contributed by atoms with Crippen molar-refractivity contribution >= 4 is 42.7 Å². The van der Waals surface area contributed by atoms with Crippen molar-refractivity contribution in [2.24, 2.45) is 0 Å². The summed E-state index contributed by atoms with van der Waals surface area (Å²) in [6, 6.07) is 14.1. The largest absolute Gasteiger partial charge is 0.744 e. The number of fused-ring (bicyclic) bond motifs is 2. The van der Waals surface area contributed by atoms with Crippen LogP contribution in [0.4, 0.5) is 5.69 Å². The molecule has 2 aromatic carbocycles. The second-order valence-electron chi connectivity index (χ2n) is 22.1. The average Bonchev–Trinajstić information content (AvgIpc) is 3.67. The number of carbonyl (C=O) groups excluding carboxylic acids is 1.